The number of nitrogens with zero attached hydrogens (tertiary/aromatic N) is 3. The normalized spacial score (nSPS) is 23.0. The molecule has 1 saturated carbocycles. The number of carboxylic acids is 1. The van der Waals surface area contributed by atoms with Crippen molar-refractivity contribution in [3.8, 4) is 5.75 Å². The van der Waals surface area contributed by atoms with Gasteiger partial charge in [-0.15, -0.1) is 0 Å². The second-order valence-electron chi connectivity index (χ2n) is 7.72. The Morgan fingerprint density at radius 1 is 1.39 bits per heavy atom. The fourth-order valence-electron chi connectivity index (χ4n) is 3.57. The second-order valence-corrected chi connectivity index (χ2v) is 7.72. The van der Waals surface area contributed by atoms with Crippen molar-refractivity contribution in [3.05, 3.63) is 42.5 Å². The molecule has 8 heteroatoms. The molecule has 0 radical (unpaired) electrons. The molecular formula is C20H28N4O4. The van der Waals surface area contributed by atoms with Gasteiger partial charge < -0.3 is 20.7 Å². The Labute approximate surface area is 164 Å². The average molecular weight is 388 g/mol. The first-order valence-corrected chi connectivity index (χ1v) is 9.67. The maximum absolute atomic E-state index is 11.8. The Kier molecular flexibility index (Phi) is 6.31. The molecule has 0 spiro atoms. The molecular weight excluding hydrogens is 360 g/mol. The lowest BCUT2D eigenvalue weighted by Gasteiger charge is -2.30. The van der Waals surface area contributed by atoms with Crippen molar-refractivity contribution in [1.29, 1.82) is 0 Å². The number of ether oxygens (including phenoxy) is 1. The van der Waals surface area contributed by atoms with E-state index < -0.39 is 17.6 Å². The van der Waals surface area contributed by atoms with Crippen LogP contribution in [0.5, 0.6) is 5.75 Å². The van der Waals surface area contributed by atoms with Crippen LogP contribution in [-0.2, 0) is 17.8 Å². The lowest BCUT2D eigenvalue weighted by Crippen LogP contribution is -2.57. The maximum atomic E-state index is 11.8. The molecule has 2 heterocycles. The van der Waals surface area contributed by atoms with E-state index in [1.807, 2.05) is 0 Å². The van der Waals surface area contributed by atoms with Gasteiger partial charge in [0.15, 0.2) is 5.60 Å². The standard InChI is InChI=1S/C20H28N4O4/c1-14-3-5-16(6-4-14)28-17-7-9-22-15(11-17)12-20(27,19(25)26)18(21)13-24-10-2-8-23-24/h2,7-11,14,16,18,27H,3-6,12-13,21H2,1H3,(H,25,26)/t14-,16-,18-,20+/m0/s1. The molecule has 28 heavy (non-hydrogen) atoms. The summed E-state index contributed by atoms with van der Waals surface area (Å²) >= 11 is 0. The molecule has 152 valence electrons. The molecule has 1 fully saturated rings. The smallest absolute Gasteiger partial charge is 0.337 e. The van der Waals surface area contributed by atoms with Crippen molar-refractivity contribution >= 4 is 5.97 Å². The van der Waals surface area contributed by atoms with Crippen LogP contribution >= 0.6 is 0 Å². The maximum Gasteiger partial charge on any atom is 0.337 e. The molecule has 2 aromatic heterocycles. The molecule has 0 unspecified atom stereocenters. The average Bonchev–Trinajstić information content (AvgIpc) is 3.16. The van der Waals surface area contributed by atoms with Gasteiger partial charge in [0, 0.05) is 36.8 Å². The van der Waals surface area contributed by atoms with Crippen LogP contribution in [0.3, 0.4) is 0 Å². The van der Waals surface area contributed by atoms with E-state index in [-0.39, 0.29) is 19.1 Å². The lowest BCUT2D eigenvalue weighted by molar-refractivity contribution is -0.161. The molecule has 0 aliphatic heterocycles. The Hall–Kier alpha value is -2.45. The highest BCUT2D eigenvalue weighted by atomic mass is 16.5. The summed E-state index contributed by atoms with van der Waals surface area (Å²) in [7, 11) is 0. The van der Waals surface area contributed by atoms with Crippen molar-refractivity contribution in [3.63, 3.8) is 0 Å². The number of carboxylic acid groups (broad SMARTS) is 1. The van der Waals surface area contributed by atoms with Gasteiger partial charge in [0.25, 0.3) is 0 Å². The zero-order valence-corrected chi connectivity index (χ0v) is 16.1. The molecule has 1 aliphatic rings. The van der Waals surface area contributed by atoms with Crippen LogP contribution in [-0.4, -0.2) is 48.7 Å². The van der Waals surface area contributed by atoms with Gasteiger partial charge in [-0.25, -0.2) is 4.79 Å². The van der Waals surface area contributed by atoms with Crippen molar-refractivity contribution in [2.75, 3.05) is 0 Å². The van der Waals surface area contributed by atoms with Crippen LogP contribution in [0.1, 0.15) is 38.3 Å². The van der Waals surface area contributed by atoms with E-state index in [1.54, 1.807) is 36.8 Å². The highest BCUT2D eigenvalue weighted by Crippen LogP contribution is 2.28. The fourth-order valence-corrected chi connectivity index (χ4v) is 3.57. The third-order valence-electron chi connectivity index (χ3n) is 5.43. The summed E-state index contributed by atoms with van der Waals surface area (Å²) in [5, 5.41) is 24.5. The largest absolute Gasteiger partial charge is 0.490 e. The van der Waals surface area contributed by atoms with Crippen LogP contribution in [0.2, 0.25) is 0 Å². The minimum absolute atomic E-state index is 0.0756. The number of hydrogen-bond acceptors (Lipinski definition) is 6. The molecule has 0 bridgehead atoms. The minimum Gasteiger partial charge on any atom is -0.490 e. The number of aliphatic hydroxyl groups is 1. The van der Waals surface area contributed by atoms with Crippen molar-refractivity contribution in [1.82, 2.24) is 14.8 Å². The van der Waals surface area contributed by atoms with E-state index in [0.29, 0.717) is 11.4 Å². The van der Waals surface area contributed by atoms with E-state index >= 15 is 0 Å². The van der Waals surface area contributed by atoms with Crippen LogP contribution in [0.25, 0.3) is 0 Å². The number of carbonyl (C=O) groups is 1. The molecule has 2 aromatic rings. The van der Waals surface area contributed by atoms with Gasteiger partial charge in [-0.05, 0) is 43.7 Å². The van der Waals surface area contributed by atoms with Crippen molar-refractivity contribution in [2.24, 2.45) is 11.7 Å². The highest BCUT2D eigenvalue weighted by molar-refractivity contribution is 5.78. The number of rotatable bonds is 8. The van der Waals surface area contributed by atoms with Gasteiger partial charge in [-0.3, -0.25) is 9.67 Å². The summed E-state index contributed by atoms with van der Waals surface area (Å²) in [4.78, 5) is 16.0. The van der Waals surface area contributed by atoms with Gasteiger partial charge in [0.2, 0.25) is 0 Å². The third-order valence-corrected chi connectivity index (χ3v) is 5.43. The number of hydrogen-bond donors (Lipinski definition) is 3. The molecule has 8 nitrogen and oxygen atoms in total. The second kappa shape index (κ2) is 8.70. The van der Waals surface area contributed by atoms with Gasteiger partial charge in [-0.1, -0.05) is 6.92 Å². The topological polar surface area (TPSA) is 123 Å². The zero-order valence-electron chi connectivity index (χ0n) is 16.1. The fraction of sp³-hybridized carbons (Fsp3) is 0.550. The molecule has 0 amide bonds. The number of nitrogens with two attached hydrogens (primary N) is 1. The Morgan fingerprint density at radius 2 is 2.14 bits per heavy atom. The summed E-state index contributed by atoms with van der Waals surface area (Å²) in [5.41, 5.74) is 4.29. The molecule has 2 atom stereocenters. The van der Waals surface area contributed by atoms with E-state index in [9.17, 15) is 15.0 Å². The minimum atomic E-state index is -2.17. The number of aliphatic carboxylic acids is 1. The Bertz CT molecular complexity index is 774. The van der Waals surface area contributed by atoms with E-state index in [4.69, 9.17) is 10.5 Å². The first kappa shape index (κ1) is 20.3. The van der Waals surface area contributed by atoms with Crippen LogP contribution in [0.15, 0.2) is 36.8 Å². The first-order chi connectivity index (χ1) is 13.4. The van der Waals surface area contributed by atoms with Crippen LogP contribution < -0.4 is 10.5 Å². The predicted octanol–water partition coefficient (Wildman–Crippen LogP) is 1.62. The van der Waals surface area contributed by atoms with Crippen LogP contribution in [0.4, 0.5) is 0 Å². The summed E-state index contributed by atoms with van der Waals surface area (Å²) in [6.07, 6.45) is 9.04. The Morgan fingerprint density at radius 3 is 2.79 bits per heavy atom. The summed E-state index contributed by atoms with van der Waals surface area (Å²) in [5.74, 6) is -0.0193. The zero-order chi connectivity index (χ0) is 20.1. The van der Waals surface area contributed by atoms with Gasteiger partial charge in [-0.2, -0.15) is 5.10 Å². The SMILES string of the molecule is C[C@H]1CC[C@H](Oc2ccnc(C[C@](O)(C(=O)O)[C@@H](N)Cn3cccn3)c2)CC1. The lowest BCUT2D eigenvalue weighted by atomic mass is 9.88. The van der Waals surface area contributed by atoms with E-state index in [2.05, 4.69) is 17.0 Å². The highest BCUT2D eigenvalue weighted by Gasteiger charge is 2.43. The predicted molar refractivity (Wildman–Crippen MR) is 103 cm³/mol. The quantitative estimate of drug-likeness (QED) is 0.628. The first-order valence-electron chi connectivity index (χ1n) is 9.67. The van der Waals surface area contributed by atoms with Gasteiger partial charge in [0.05, 0.1) is 18.7 Å². The van der Waals surface area contributed by atoms with Crippen molar-refractivity contribution in [2.45, 2.75) is 63.3 Å². The molecule has 4 N–H and O–H groups in total. The number of pyridine rings is 1. The van der Waals surface area contributed by atoms with Gasteiger partial charge >= 0.3 is 5.97 Å². The van der Waals surface area contributed by atoms with Crippen molar-refractivity contribution < 1.29 is 19.7 Å². The molecule has 3 rings (SSSR count). The van der Waals surface area contributed by atoms with Gasteiger partial charge in [0.1, 0.15) is 5.75 Å². The van der Waals surface area contributed by atoms with E-state index in [0.717, 1.165) is 31.6 Å². The molecule has 0 aromatic carbocycles. The summed E-state index contributed by atoms with van der Waals surface area (Å²) in [6, 6.07) is 4.09. The summed E-state index contributed by atoms with van der Waals surface area (Å²) in [6.45, 7) is 2.33. The number of aromatic nitrogens is 3. The summed E-state index contributed by atoms with van der Waals surface area (Å²) < 4.78 is 7.55. The monoisotopic (exact) mass is 388 g/mol. The third kappa shape index (κ3) is 4.88. The van der Waals surface area contributed by atoms with E-state index in [1.165, 1.54) is 4.68 Å². The van der Waals surface area contributed by atoms with Crippen LogP contribution in [0, 0.1) is 5.92 Å². The molecule has 1 aliphatic carbocycles. The Balaban J connectivity index is 1.69. The molecule has 0 saturated heterocycles.